The molecule has 11 nitrogen and oxygen atoms in total. The summed E-state index contributed by atoms with van der Waals surface area (Å²) >= 11 is 1.63. The van der Waals surface area contributed by atoms with Crippen LogP contribution in [0.3, 0.4) is 0 Å². The van der Waals surface area contributed by atoms with E-state index in [1.54, 1.807) is 18.4 Å². The molecule has 2 unspecified atom stereocenters. The van der Waals surface area contributed by atoms with Crippen LogP contribution in [0.5, 0.6) is 0 Å². The Morgan fingerprint density at radius 3 is 2.52 bits per heavy atom. The Morgan fingerprint density at radius 1 is 0.929 bits per heavy atom. The van der Waals surface area contributed by atoms with Gasteiger partial charge in [0.05, 0.1) is 28.6 Å². The molecule has 4 saturated carbocycles. The molecule has 1 N–H and O–H groups in total. The molecule has 4 bridgehead atoms. The van der Waals surface area contributed by atoms with Crippen molar-refractivity contribution in [2.75, 3.05) is 57.2 Å². The zero-order chi connectivity index (χ0) is 38.7. The highest BCUT2D eigenvalue weighted by atomic mass is 32.1. The molecule has 4 aromatic heterocycles. The van der Waals surface area contributed by atoms with E-state index in [0.29, 0.717) is 10.8 Å². The lowest BCUT2D eigenvalue weighted by atomic mass is 9.39. The molecular formula is C44H57N9O2S. The molecule has 5 aliphatic rings. The minimum Gasteiger partial charge on any atom is -0.385 e. The van der Waals surface area contributed by atoms with Crippen LogP contribution in [0.2, 0.25) is 0 Å². The Balaban J connectivity index is 0.898. The number of nitrogens with one attached hydrogen (secondary N) is 1. The van der Waals surface area contributed by atoms with Crippen molar-refractivity contribution in [2.45, 2.75) is 97.6 Å². The maximum Gasteiger partial charge on any atom is 0.189 e. The topological polar surface area (TPSA) is 106 Å². The van der Waals surface area contributed by atoms with Gasteiger partial charge in [-0.1, -0.05) is 37.3 Å². The average molecular weight is 776 g/mol. The number of methoxy groups -OCH3 is 1. The third kappa shape index (κ3) is 7.11. The van der Waals surface area contributed by atoms with Gasteiger partial charge in [-0.15, -0.1) is 10.2 Å². The summed E-state index contributed by atoms with van der Waals surface area (Å²) in [6, 6.07) is 12.5. The van der Waals surface area contributed by atoms with Crippen molar-refractivity contribution >= 4 is 44.1 Å². The molecule has 56 heavy (non-hydrogen) atoms. The van der Waals surface area contributed by atoms with Gasteiger partial charge in [-0.05, 0) is 119 Å². The van der Waals surface area contributed by atoms with Crippen LogP contribution in [0.4, 0.5) is 22.6 Å². The first kappa shape index (κ1) is 37.6. The van der Waals surface area contributed by atoms with Crippen molar-refractivity contribution in [1.82, 2.24) is 34.8 Å². The van der Waals surface area contributed by atoms with Gasteiger partial charge in [-0.3, -0.25) is 4.68 Å². The molecule has 5 heterocycles. The number of likely N-dealkylation sites (N-methyl/N-ethyl adjacent to an activating group) is 1. The fourth-order valence-corrected chi connectivity index (χ4v) is 12.9. The van der Waals surface area contributed by atoms with Crippen LogP contribution < -0.4 is 10.2 Å². The third-order valence-electron chi connectivity index (χ3n) is 13.3. The number of fused-ring (bicyclic) bond motifs is 2. The SMILES string of the molecule is COCCCN(C)CCOC12CC3(C)CC(C)(CC(Cn4ncc(-c5ccc(N6CCCc7c6nnc(Nc6nc8ccccc8s6)c7C)nc5)c4C)(C3)C1)C2. The average Bonchev–Trinajstić information content (AvgIpc) is 3.73. The van der Waals surface area contributed by atoms with Gasteiger partial charge in [-0.25, -0.2) is 9.97 Å². The zero-order valence-corrected chi connectivity index (χ0v) is 34.8. The minimum absolute atomic E-state index is 0.0419. The van der Waals surface area contributed by atoms with Crippen LogP contribution in [-0.2, 0) is 22.4 Å². The molecule has 5 aromatic rings. The number of aromatic nitrogens is 6. The second kappa shape index (κ2) is 14.4. The lowest BCUT2D eigenvalue weighted by molar-refractivity contribution is -0.248. The fourth-order valence-electron chi connectivity index (χ4n) is 12.0. The monoisotopic (exact) mass is 775 g/mol. The van der Waals surface area contributed by atoms with Crippen molar-refractivity contribution in [3.63, 3.8) is 0 Å². The highest BCUT2D eigenvalue weighted by Crippen LogP contribution is 2.72. The molecule has 1 aliphatic heterocycles. The van der Waals surface area contributed by atoms with Crippen LogP contribution in [-0.4, -0.2) is 87.5 Å². The van der Waals surface area contributed by atoms with Gasteiger partial charge < -0.3 is 24.6 Å². The number of ether oxygens (including phenoxy) is 2. The molecule has 4 aliphatic carbocycles. The van der Waals surface area contributed by atoms with Crippen LogP contribution in [0, 0.1) is 30.1 Å². The Morgan fingerprint density at radius 2 is 1.75 bits per heavy atom. The van der Waals surface area contributed by atoms with Crippen molar-refractivity contribution in [1.29, 1.82) is 0 Å². The summed E-state index contributed by atoms with van der Waals surface area (Å²) in [5.41, 5.74) is 7.51. The molecular weight excluding hydrogens is 719 g/mol. The van der Waals surface area contributed by atoms with Crippen molar-refractivity contribution in [2.24, 2.45) is 16.2 Å². The predicted octanol–water partition coefficient (Wildman–Crippen LogP) is 8.89. The first-order valence-corrected chi connectivity index (χ1v) is 21.3. The van der Waals surface area contributed by atoms with Gasteiger partial charge in [0.15, 0.2) is 16.8 Å². The molecule has 0 saturated heterocycles. The summed E-state index contributed by atoms with van der Waals surface area (Å²) in [6.45, 7) is 14.8. The predicted molar refractivity (Wildman–Crippen MR) is 224 cm³/mol. The number of nitrogens with zero attached hydrogens (tertiary/aromatic N) is 8. The van der Waals surface area contributed by atoms with Crippen LogP contribution in [0.15, 0.2) is 48.8 Å². The highest BCUT2D eigenvalue weighted by molar-refractivity contribution is 7.22. The highest BCUT2D eigenvalue weighted by Gasteiger charge is 2.66. The van der Waals surface area contributed by atoms with E-state index < -0.39 is 0 Å². The van der Waals surface area contributed by atoms with Crippen molar-refractivity contribution in [3.8, 4) is 11.1 Å². The number of rotatable bonds is 14. The first-order valence-electron chi connectivity index (χ1n) is 20.5. The number of pyridine rings is 1. The van der Waals surface area contributed by atoms with Crippen LogP contribution in [0.1, 0.15) is 82.0 Å². The summed E-state index contributed by atoms with van der Waals surface area (Å²) in [5.74, 6) is 2.54. The van der Waals surface area contributed by atoms with Gasteiger partial charge in [0, 0.05) is 74.0 Å². The van der Waals surface area contributed by atoms with Crippen molar-refractivity contribution < 1.29 is 9.47 Å². The Kier molecular flexibility index (Phi) is 9.70. The van der Waals surface area contributed by atoms with Gasteiger partial charge in [0.1, 0.15) is 5.82 Å². The summed E-state index contributed by atoms with van der Waals surface area (Å²) < 4.78 is 15.7. The molecule has 0 radical (unpaired) electrons. The molecule has 4 fully saturated rings. The maximum atomic E-state index is 7.02. The summed E-state index contributed by atoms with van der Waals surface area (Å²) in [6.07, 6.45) is 14.4. The van der Waals surface area contributed by atoms with E-state index in [1.165, 1.54) is 43.4 Å². The number of hydrogen-bond donors (Lipinski definition) is 1. The van der Waals surface area contributed by atoms with Gasteiger partial charge >= 0.3 is 0 Å². The van der Waals surface area contributed by atoms with Gasteiger partial charge in [0.2, 0.25) is 0 Å². The van der Waals surface area contributed by atoms with E-state index in [9.17, 15) is 0 Å². The molecule has 1 aromatic carbocycles. The number of hydrogen-bond acceptors (Lipinski definition) is 11. The number of benzene rings is 1. The number of thiazole rings is 1. The molecule has 2 atom stereocenters. The molecule has 0 spiro atoms. The zero-order valence-electron chi connectivity index (χ0n) is 34.0. The Bertz CT molecular complexity index is 2160. The summed E-state index contributed by atoms with van der Waals surface area (Å²) in [5, 5.41) is 18.7. The van der Waals surface area contributed by atoms with E-state index in [1.807, 2.05) is 30.6 Å². The maximum absolute atomic E-state index is 7.02. The van der Waals surface area contributed by atoms with Crippen LogP contribution in [0.25, 0.3) is 21.3 Å². The van der Waals surface area contributed by atoms with E-state index in [-0.39, 0.29) is 11.0 Å². The van der Waals surface area contributed by atoms with E-state index in [4.69, 9.17) is 29.6 Å². The lowest BCUT2D eigenvalue weighted by Gasteiger charge is -2.69. The van der Waals surface area contributed by atoms with E-state index >= 15 is 0 Å². The van der Waals surface area contributed by atoms with Gasteiger partial charge in [-0.2, -0.15) is 5.10 Å². The number of para-hydroxylation sites is 1. The Labute approximate surface area is 335 Å². The van der Waals surface area contributed by atoms with Gasteiger partial charge in [0.25, 0.3) is 0 Å². The fraction of sp³-hybridized carbons (Fsp3) is 0.568. The number of anilines is 4. The quantitative estimate of drug-likeness (QED) is 0.110. The molecule has 0 amide bonds. The molecule has 12 heteroatoms. The molecule has 10 rings (SSSR count). The smallest absolute Gasteiger partial charge is 0.189 e. The first-order chi connectivity index (χ1) is 27.0. The summed E-state index contributed by atoms with van der Waals surface area (Å²) in [7, 11) is 3.98. The normalized spacial score (nSPS) is 26.7. The van der Waals surface area contributed by atoms with Crippen molar-refractivity contribution in [3.05, 3.63) is 65.6 Å². The van der Waals surface area contributed by atoms with E-state index in [0.717, 1.165) is 115 Å². The summed E-state index contributed by atoms with van der Waals surface area (Å²) in [4.78, 5) is 14.4. The largest absolute Gasteiger partial charge is 0.385 e. The lowest BCUT2D eigenvalue weighted by Crippen LogP contribution is -2.64. The molecule has 296 valence electrons. The second-order valence-corrected chi connectivity index (χ2v) is 19.4. The standard InChI is InChI=1S/C44H57N9O2S/c1-30-33-11-9-17-52(39(33)50-49-38(30)48-40-47-35-12-7-8-13-36(35)56-40)37-15-14-32(21-45-37)34-22-46-53(31(34)2)29-43-24-41(3)23-42(4,25-43)27-44(26-41,28-43)55-20-18-51(5)16-10-19-54-6/h7-8,12-15,21-22H,9-11,16-20,23-29H2,1-6H3,(H,47,48,49). The Hall–Kier alpha value is -3.97. The van der Waals surface area contributed by atoms with E-state index in [2.05, 4.69) is 77.8 Å². The minimum atomic E-state index is -0.0419. The third-order valence-corrected chi connectivity index (χ3v) is 14.2. The second-order valence-electron chi connectivity index (χ2n) is 18.4. The van der Waals surface area contributed by atoms with Crippen LogP contribution >= 0.6 is 11.3 Å².